The van der Waals surface area contributed by atoms with Crippen LogP contribution in [0.5, 0.6) is 0 Å². The van der Waals surface area contributed by atoms with Gasteiger partial charge in [-0.15, -0.1) is 0 Å². The Labute approximate surface area is 114 Å². The van der Waals surface area contributed by atoms with Crippen molar-refractivity contribution >= 4 is 16.6 Å². The van der Waals surface area contributed by atoms with E-state index < -0.39 is 0 Å². The first-order chi connectivity index (χ1) is 9.79. The lowest BCUT2D eigenvalue weighted by Gasteiger charge is -2.01. The van der Waals surface area contributed by atoms with Crippen LogP contribution in [0.25, 0.3) is 27.8 Å². The number of aryl methyl sites for hydroxylation is 1. The van der Waals surface area contributed by atoms with Gasteiger partial charge < -0.3 is 9.55 Å². The van der Waals surface area contributed by atoms with Gasteiger partial charge in [0, 0.05) is 35.9 Å². The molecule has 1 N–H and O–H groups in total. The van der Waals surface area contributed by atoms with E-state index in [2.05, 4.69) is 28.3 Å². The Morgan fingerprint density at radius 1 is 1.30 bits per heavy atom. The summed E-state index contributed by atoms with van der Waals surface area (Å²) in [6.07, 6.45) is 5.54. The summed E-state index contributed by atoms with van der Waals surface area (Å²) in [5.74, 6) is 0. The molecule has 0 radical (unpaired) electrons. The number of nitriles is 1. The molecule has 0 amide bonds. The number of imidazole rings is 1. The SMILES string of the molecule is Cn1cc(-c2cccc3[nH]ccc23)n2ncc(C#N)c12. The molecule has 1 aromatic carbocycles. The van der Waals surface area contributed by atoms with Crippen molar-refractivity contribution in [2.75, 3.05) is 0 Å². The second-order valence-electron chi connectivity index (χ2n) is 4.78. The Morgan fingerprint density at radius 3 is 3.05 bits per heavy atom. The molecule has 4 aromatic rings. The number of aromatic amines is 1. The number of nitrogens with zero attached hydrogens (tertiary/aromatic N) is 4. The molecular weight excluding hydrogens is 250 g/mol. The molecule has 0 bridgehead atoms. The van der Waals surface area contributed by atoms with Gasteiger partial charge in [0.1, 0.15) is 11.6 Å². The third kappa shape index (κ3) is 1.28. The van der Waals surface area contributed by atoms with E-state index in [0.29, 0.717) is 5.56 Å². The molecule has 5 nitrogen and oxygen atoms in total. The lowest BCUT2D eigenvalue weighted by Crippen LogP contribution is -1.89. The van der Waals surface area contributed by atoms with E-state index in [1.54, 1.807) is 6.20 Å². The first kappa shape index (κ1) is 10.9. The molecule has 20 heavy (non-hydrogen) atoms. The summed E-state index contributed by atoms with van der Waals surface area (Å²) in [5.41, 5.74) is 4.57. The molecule has 0 atom stereocenters. The first-order valence-corrected chi connectivity index (χ1v) is 6.29. The van der Waals surface area contributed by atoms with Crippen molar-refractivity contribution in [3.8, 4) is 17.3 Å². The predicted molar refractivity (Wildman–Crippen MR) is 76.2 cm³/mol. The number of fused-ring (bicyclic) bond motifs is 2. The number of benzene rings is 1. The summed E-state index contributed by atoms with van der Waals surface area (Å²) in [6, 6.07) is 10.4. The average Bonchev–Trinajstić information content (AvgIpc) is 3.14. The third-order valence-electron chi connectivity index (χ3n) is 3.61. The molecule has 0 unspecified atom stereocenters. The van der Waals surface area contributed by atoms with Crippen molar-refractivity contribution in [3.63, 3.8) is 0 Å². The molecule has 5 heteroatoms. The molecule has 0 aliphatic heterocycles. The van der Waals surface area contributed by atoms with E-state index in [-0.39, 0.29) is 0 Å². The zero-order valence-electron chi connectivity index (χ0n) is 10.8. The molecule has 3 heterocycles. The van der Waals surface area contributed by atoms with Gasteiger partial charge in [0.25, 0.3) is 0 Å². The fourth-order valence-corrected chi connectivity index (χ4v) is 2.73. The van der Waals surface area contributed by atoms with E-state index in [1.165, 1.54) is 0 Å². The van der Waals surface area contributed by atoms with E-state index in [1.807, 2.05) is 40.7 Å². The summed E-state index contributed by atoms with van der Waals surface area (Å²) < 4.78 is 3.76. The number of aromatic nitrogens is 4. The van der Waals surface area contributed by atoms with Crippen LogP contribution in [0.3, 0.4) is 0 Å². The number of rotatable bonds is 1. The Hall–Kier alpha value is -3.00. The normalized spacial score (nSPS) is 11.2. The van der Waals surface area contributed by atoms with Crippen molar-refractivity contribution < 1.29 is 0 Å². The van der Waals surface area contributed by atoms with Gasteiger partial charge in [-0.2, -0.15) is 10.4 Å². The summed E-state index contributed by atoms with van der Waals surface area (Å²) in [7, 11) is 1.93. The standard InChI is InChI=1S/C15H11N5/c1-19-9-14(20-15(19)10(7-16)8-18-20)12-3-2-4-13-11(12)5-6-17-13/h2-6,8-9,17H,1H3. The van der Waals surface area contributed by atoms with Crippen molar-refractivity contribution in [3.05, 3.63) is 48.4 Å². The largest absolute Gasteiger partial charge is 0.361 e. The van der Waals surface area contributed by atoms with Crippen LogP contribution >= 0.6 is 0 Å². The third-order valence-corrected chi connectivity index (χ3v) is 3.61. The van der Waals surface area contributed by atoms with E-state index >= 15 is 0 Å². The van der Waals surface area contributed by atoms with Gasteiger partial charge in [-0.1, -0.05) is 12.1 Å². The van der Waals surface area contributed by atoms with Crippen LogP contribution < -0.4 is 0 Å². The first-order valence-electron chi connectivity index (χ1n) is 6.29. The lowest BCUT2D eigenvalue weighted by molar-refractivity contribution is 0.929. The summed E-state index contributed by atoms with van der Waals surface area (Å²) in [6.45, 7) is 0. The van der Waals surface area contributed by atoms with Crippen LogP contribution in [0, 0.1) is 11.3 Å². The molecule has 0 saturated carbocycles. The Balaban J connectivity index is 2.11. The fourth-order valence-electron chi connectivity index (χ4n) is 2.73. The zero-order valence-corrected chi connectivity index (χ0v) is 10.8. The quantitative estimate of drug-likeness (QED) is 0.572. The monoisotopic (exact) mass is 261 g/mol. The Kier molecular flexibility index (Phi) is 2.04. The van der Waals surface area contributed by atoms with Gasteiger partial charge in [0.15, 0.2) is 5.65 Å². The van der Waals surface area contributed by atoms with Gasteiger partial charge in [0.05, 0.1) is 11.9 Å². The molecular formula is C15H11N5. The topological polar surface area (TPSA) is 61.8 Å². The van der Waals surface area contributed by atoms with Crippen molar-refractivity contribution in [1.82, 2.24) is 19.2 Å². The second-order valence-corrected chi connectivity index (χ2v) is 4.78. The molecule has 0 spiro atoms. The molecule has 96 valence electrons. The number of hydrogen-bond acceptors (Lipinski definition) is 2. The van der Waals surface area contributed by atoms with Gasteiger partial charge >= 0.3 is 0 Å². The minimum atomic E-state index is 0.583. The highest BCUT2D eigenvalue weighted by Crippen LogP contribution is 2.29. The smallest absolute Gasteiger partial charge is 0.154 e. The van der Waals surface area contributed by atoms with Crippen molar-refractivity contribution in [2.45, 2.75) is 0 Å². The highest BCUT2D eigenvalue weighted by molar-refractivity contribution is 5.94. The molecule has 0 fully saturated rings. The number of hydrogen-bond donors (Lipinski definition) is 1. The minimum absolute atomic E-state index is 0.583. The molecule has 0 aliphatic carbocycles. The molecule has 3 aromatic heterocycles. The summed E-state index contributed by atoms with van der Waals surface area (Å²) >= 11 is 0. The van der Waals surface area contributed by atoms with Crippen LogP contribution in [0.15, 0.2) is 42.9 Å². The van der Waals surface area contributed by atoms with Crippen LogP contribution in [0.4, 0.5) is 0 Å². The predicted octanol–water partition coefficient (Wildman–Crippen LogP) is 2.69. The fraction of sp³-hybridized carbons (Fsp3) is 0.0667. The highest BCUT2D eigenvalue weighted by atomic mass is 15.3. The minimum Gasteiger partial charge on any atom is -0.361 e. The van der Waals surface area contributed by atoms with Crippen LogP contribution in [-0.4, -0.2) is 19.2 Å². The zero-order chi connectivity index (χ0) is 13.7. The van der Waals surface area contributed by atoms with E-state index in [0.717, 1.165) is 27.8 Å². The molecule has 0 saturated heterocycles. The maximum absolute atomic E-state index is 9.15. The highest BCUT2D eigenvalue weighted by Gasteiger charge is 2.15. The maximum atomic E-state index is 9.15. The van der Waals surface area contributed by atoms with Crippen LogP contribution in [0.1, 0.15) is 5.56 Å². The maximum Gasteiger partial charge on any atom is 0.154 e. The molecule has 4 rings (SSSR count). The Morgan fingerprint density at radius 2 is 2.20 bits per heavy atom. The van der Waals surface area contributed by atoms with E-state index in [4.69, 9.17) is 5.26 Å². The summed E-state index contributed by atoms with van der Waals surface area (Å²) in [5, 5.41) is 14.6. The van der Waals surface area contributed by atoms with Gasteiger partial charge in [-0.3, -0.25) is 0 Å². The molecule has 0 aliphatic rings. The van der Waals surface area contributed by atoms with Crippen LogP contribution in [-0.2, 0) is 7.05 Å². The Bertz CT molecular complexity index is 977. The van der Waals surface area contributed by atoms with Gasteiger partial charge in [-0.25, -0.2) is 4.52 Å². The lowest BCUT2D eigenvalue weighted by atomic mass is 10.1. The number of H-pyrrole nitrogens is 1. The van der Waals surface area contributed by atoms with Crippen molar-refractivity contribution in [1.29, 1.82) is 5.26 Å². The average molecular weight is 261 g/mol. The van der Waals surface area contributed by atoms with Crippen molar-refractivity contribution in [2.24, 2.45) is 7.05 Å². The van der Waals surface area contributed by atoms with Gasteiger partial charge in [0.2, 0.25) is 0 Å². The van der Waals surface area contributed by atoms with Gasteiger partial charge in [-0.05, 0) is 12.1 Å². The second kappa shape index (κ2) is 3.75. The number of nitrogens with one attached hydrogen (secondary N) is 1. The summed E-state index contributed by atoms with van der Waals surface area (Å²) in [4.78, 5) is 3.21. The van der Waals surface area contributed by atoms with Crippen LogP contribution in [0.2, 0.25) is 0 Å². The van der Waals surface area contributed by atoms with E-state index in [9.17, 15) is 0 Å².